The molecule has 12 heteroatoms. The number of nitro benzene ring substituents is 2. The molecule has 0 fully saturated rings. The van der Waals surface area contributed by atoms with Gasteiger partial charge in [0.05, 0.1) is 50.7 Å². The van der Waals surface area contributed by atoms with E-state index in [1.165, 1.54) is 31.4 Å². The first-order valence-electron chi connectivity index (χ1n) is 10.3. The lowest BCUT2D eigenvalue weighted by atomic mass is 10.1. The van der Waals surface area contributed by atoms with Crippen LogP contribution in [0.3, 0.4) is 0 Å². The van der Waals surface area contributed by atoms with E-state index in [1.54, 1.807) is 29.7 Å². The van der Waals surface area contributed by atoms with Gasteiger partial charge in [0.2, 0.25) is 5.91 Å². The quantitative estimate of drug-likeness (QED) is 0.208. The molecule has 35 heavy (non-hydrogen) atoms. The molecule has 0 unspecified atom stereocenters. The number of hydrogen-bond acceptors (Lipinski definition) is 8. The highest BCUT2D eigenvalue weighted by molar-refractivity contribution is 7.99. The fourth-order valence-corrected chi connectivity index (χ4v) is 4.40. The molecule has 0 bridgehead atoms. The van der Waals surface area contributed by atoms with Gasteiger partial charge in [0.1, 0.15) is 5.75 Å². The number of nitrogens with one attached hydrogen (secondary N) is 1. The number of amides is 1. The smallest absolute Gasteiger partial charge is 0.274 e. The number of benzene rings is 3. The van der Waals surface area contributed by atoms with Crippen molar-refractivity contribution in [1.82, 2.24) is 9.55 Å². The van der Waals surface area contributed by atoms with Crippen LogP contribution in [0.15, 0.2) is 65.8 Å². The molecule has 11 nitrogen and oxygen atoms in total. The summed E-state index contributed by atoms with van der Waals surface area (Å²) in [5, 5.41) is 25.5. The number of hydrogen-bond donors (Lipinski definition) is 1. The molecule has 178 valence electrons. The van der Waals surface area contributed by atoms with E-state index in [0.29, 0.717) is 38.9 Å². The van der Waals surface area contributed by atoms with Crippen molar-refractivity contribution in [1.29, 1.82) is 0 Å². The topological polar surface area (TPSA) is 142 Å². The van der Waals surface area contributed by atoms with E-state index in [1.807, 2.05) is 18.2 Å². The molecule has 1 aromatic heterocycles. The standard InChI is InChI=1S/C23H19N5O6S/c1-14-16(6-5-8-18(14)28(32)33)24-22(29)13-35-23-25-17-12-15(27(30)31)10-11-19(17)26(23)20-7-3-4-9-21(20)34-2/h3-12H,13H2,1-2H3,(H,24,29). The van der Waals surface area contributed by atoms with Gasteiger partial charge in [-0.25, -0.2) is 4.98 Å². The minimum atomic E-state index is -0.505. The third kappa shape index (κ3) is 4.77. The number of para-hydroxylation sites is 2. The zero-order chi connectivity index (χ0) is 25.1. The Morgan fingerprint density at radius 3 is 2.57 bits per heavy atom. The van der Waals surface area contributed by atoms with Crippen LogP contribution in [0.5, 0.6) is 5.75 Å². The van der Waals surface area contributed by atoms with E-state index in [9.17, 15) is 25.0 Å². The van der Waals surface area contributed by atoms with E-state index in [4.69, 9.17) is 4.74 Å². The lowest BCUT2D eigenvalue weighted by Gasteiger charge is -2.13. The minimum absolute atomic E-state index is 0.0529. The number of ether oxygens (including phenoxy) is 1. The third-order valence-electron chi connectivity index (χ3n) is 5.25. The number of anilines is 1. The lowest BCUT2D eigenvalue weighted by Crippen LogP contribution is -2.15. The highest BCUT2D eigenvalue weighted by atomic mass is 32.2. The third-order valence-corrected chi connectivity index (χ3v) is 6.19. The summed E-state index contributed by atoms with van der Waals surface area (Å²) in [6.45, 7) is 1.56. The normalized spacial score (nSPS) is 10.8. The average Bonchev–Trinajstić information content (AvgIpc) is 3.21. The van der Waals surface area contributed by atoms with Crippen LogP contribution in [0.4, 0.5) is 17.1 Å². The largest absolute Gasteiger partial charge is 0.495 e. The Balaban J connectivity index is 1.67. The van der Waals surface area contributed by atoms with Gasteiger partial charge in [0, 0.05) is 18.2 Å². The molecule has 1 amide bonds. The summed E-state index contributed by atoms with van der Waals surface area (Å²) < 4.78 is 7.26. The van der Waals surface area contributed by atoms with E-state index in [0.717, 1.165) is 11.8 Å². The molecule has 0 aliphatic heterocycles. The van der Waals surface area contributed by atoms with Gasteiger partial charge in [-0.15, -0.1) is 0 Å². The Morgan fingerprint density at radius 1 is 1.09 bits per heavy atom. The maximum Gasteiger partial charge on any atom is 0.274 e. The van der Waals surface area contributed by atoms with Crippen molar-refractivity contribution in [3.63, 3.8) is 0 Å². The molecule has 4 rings (SSSR count). The molecule has 0 radical (unpaired) electrons. The number of carbonyl (C=O) groups is 1. The van der Waals surface area contributed by atoms with Gasteiger partial charge < -0.3 is 10.1 Å². The predicted octanol–water partition coefficient (Wildman–Crippen LogP) is 4.89. The maximum atomic E-state index is 12.7. The fourth-order valence-electron chi connectivity index (χ4n) is 3.58. The lowest BCUT2D eigenvalue weighted by molar-refractivity contribution is -0.385. The summed E-state index contributed by atoms with van der Waals surface area (Å²) in [4.78, 5) is 38.6. The highest BCUT2D eigenvalue weighted by Gasteiger charge is 2.20. The number of nitro groups is 2. The Labute approximate surface area is 203 Å². The molecule has 1 heterocycles. The minimum Gasteiger partial charge on any atom is -0.495 e. The second kappa shape index (κ2) is 9.81. The van der Waals surface area contributed by atoms with Crippen LogP contribution in [-0.4, -0.2) is 38.2 Å². The molecule has 4 aromatic rings. The summed E-state index contributed by atoms with van der Waals surface area (Å²) in [5.74, 6) is 0.120. The number of imidazole rings is 1. The van der Waals surface area contributed by atoms with Crippen molar-refractivity contribution < 1.29 is 19.4 Å². The Bertz CT molecular complexity index is 1470. The summed E-state index contributed by atoms with van der Waals surface area (Å²) in [6.07, 6.45) is 0. The molecule has 0 aliphatic rings. The predicted molar refractivity (Wildman–Crippen MR) is 131 cm³/mol. The van der Waals surface area contributed by atoms with Gasteiger partial charge in [0.25, 0.3) is 11.4 Å². The first kappa shape index (κ1) is 23.7. The fraction of sp³-hybridized carbons (Fsp3) is 0.130. The SMILES string of the molecule is COc1ccccc1-n1c(SCC(=O)Nc2cccc([N+](=O)[O-])c2C)nc2cc([N+](=O)[O-])ccc21. The summed E-state index contributed by atoms with van der Waals surface area (Å²) in [6, 6.07) is 16.1. The molecular formula is C23H19N5O6S. The molecule has 1 N–H and O–H groups in total. The summed E-state index contributed by atoms with van der Waals surface area (Å²) in [7, 11) is 1.53. The summed E-state index contributed by atoms with van der Waals surface area (Å²) >= 11 is 1.13. The Kier molecular flexibility index (Phi) is 6.64. The van der Waals surface area contributed by atoms with Crippen molar-refractivity contribution in [2.45, 2.75) is 12.1 Å². The van der Waals surface area contributed by atoms with Crippen LogP contribution in [-0.2, 0) is 4.79 Å². The van der Waals surface area contributed by atoms with Crippen LogP contribution < -0.4 is 10.1 Å². The molecule has 0 saturated carbocycles. The van der Waals surface area contributed by atoms with E-state index < -0.39 is 9.85 Å². The number of non-ortho nitro benzene ring substituents is 1. The van der Waals surface area contributed by atoms with E-state index >= 15 is 0 Å². The van der Waals surface area contributed by atoms with Gasteiger partial charge >= 0.3 is 0 Å². The van der Waals surface area contributed by atoms with Crippen LogP contribution >= 0.6 is 11.8 Å². The number of aromatic nitrogens is 2. The molecule has 0 spiro atoms. The van der Waals surface area contributed by atoms with Crippen LogP contribution in [0.1, 0.15) is 5.56 Å². The van der Waals surface area contributed by atoms with Gasteiger partial charge in [-0.05, 0) is 31.2 Å². The summed E-state index contributed by atoms with van der Waals surface area (Å²) in [5.41, 5.74) is 2.17. The molecule has 0 aliphatic carbocycles. The monoisotopic (exact) mass is 493 g/mol. The van der Waals surface area contributed by atoms with Crippen molar-refractivity contribution in [3.8, 4) is 11.4 Å². The second-order valence-corrected chi connectivity index (χ2v) is 8.32. The second-order valence-electron chi connectivity index (χ2n) is 7.38. The molecule has 0 saturated heterocycles. The molecular weight excluding hydrogens is 474 g/mol. The van der Waals surface area contributed by atoms with Crippen LogP contribution in [0.25, 0.3) is 16.7 Å². The Hall–Kier alpha value is -4.45. The van der Waals surface area contributed by atoms with Gasteiger partial charge in [0.15, 0.2) is 5.16 Å². The first-order valence-corrected chi connectivity index (χ1v) is 11.3. The number of carbonyl (C=O) groups excluding carboxylic acids is 1. The number of nitrogens with zero attached hydrogens (tertiary/aromatic N) is 4. The Morgan fingerprint density at radius 2 is 1.86 bits per heavy atom. The number of thioether (sulfide) groups is 1. The van der Waals surface area contributed by atoms with Crippen molar-refractivity contribution in [3.05, 3.63) is 86.5 Å². The van der Waals surface area contributed by atoms with Crippen LogP contribution in [0.2, 0.25) is 0 Å². The zero-order valence-corrected chi connectivity index (χ0v) is 19.4. The first-order chi connectivity index (χ1) is 16.8. The van der Waals surface area contributed by atoms with Gasteiger partial charge in [-0.2, -0.15) is 0 Å². The van der Waals surface area contributed by atoms with Gasteiger partial charge in [-0.1, -0.05) is 30.0 Å². The number of fused-ring (bicyclic) bond motifs is 1. The molecule has 3 aromatic carbocycles. The van der Waals surface area contributed by atoms with Crippen LogP contribution in [0, 0.1) is 27.2 Å². The van der Waals surface area contributed by atoms with E-state index in [2.05, 4.69) is 10.3 Å². The van der Waals surface area contributed by atoms with Crippen molar-refractivity contribution >= 4 is 45.8 Å². The molecule has 0 atom stereocenters. The highest BCUT2D eigenvalue weighted by Crippen LogP contribution is 2.34. The maximum absolute atomic E-state index is 12.7. The average molecular weight is 494 g/mol. The number of rotatable bonds is 8. The van der Waals surface area contributed by atoms with Crippen molar-refractivity contribution in [2.75, 3.05) is 18.2 Å². The number of methoxy groups -OCH3 is 1. The van der Waals surface area contributed by atoms with E-state index in [-0.39, 0.29) is 23.0 Å². The zero-order valence-electron chi connectivity index (χ0n) is 18.6. The van der Waals surface area contributed by atoms with Crippen molar-refractivity contribution in [2.24, 2.45) is 0 Å². The van der Waals surface area contributed by atoms with Gasteiger partial charge in [-0.3, -0.25) is 29.6 Å².